The molecule has 0 radical (unpaired) electrons. The molecule has 0 bridgehead atoms. The number of hydrogen-bond donors (Lipinski definition) is 1. The van der Waals surface area contributed by atoms with Crippen LogP contribution in [0, 0.1) is 24.0 Å². The molecule has 0 saturated carbocycles. The maximum atomic E-state index is 13.1. The van der Waals surface area contributed by atoms with Crippen LogP contribution in [0.1, 0.15) is 21.6 Å². The largest absolute Gasteiger partial charge is 0.324 e. The molecule has 2 amide bonds. The van der Waals surface area contributed by atoms with E-state index in [-0.39, 0.29) is 23.2 Å². The van der Waals surface area contributed by atoms with Crippen molar-refractivity contribution in [2.24, 2.45) is 0 Å². The van der Waals surface area contributed by atoms with Crippen LogP contribution >= 0.6 is 11.8 Å². The molecule has 2 heterocycles. The van der Waals surface area contributed by atoms with Gasteiger partial charge in [-0.05, 0) is 49.2 Å². The van der Waals surface area contributed by atoms with Crippen molar-refractivity contribution in [3.05, 3.63) is 81.7 Å². The zero-order chi connectivity index (χ0) is 22.8. The van der Waals surface area contributed by atoms with Crippen LogP contribution in [0.25, 0.3) is 5.69 Å². The Labute approximate surface area is 188 Å². The summed E-state index contributed by atoms with van der Waals surface area (Å²) in [6, 6.07) is 12.6. The van der Waals surface area contributed by atoms with Gasteiger partial charge in [-0.2, -0.15) is 5.10 Å². The van der Waals surface area contributed by atoms with E-state index in [2.05, 4.69) is 10.4 Å². The molecule has 0 aliphatic carbocycles. The quantitative estimate of drug-likeness (QED) is 0.469. The van der Waals surface area contributed by atoms with Crippen molar-refractivity contribution in [1.82, 2.24) is 14.7 Å². The van der Waals surface area contributed by atoms with Gasteiger partial charge in [-0.1, -0.05) is 12.1 Å². The van der Waals surface area contributed by atoms with Crippen molar-refractivity contribution in [2.75, 3.05) is 16.9 Å². The summed E-state index contributed by atoms with van der Waals surface area (Å²) < 4.78 is 1.41. The first kappa shape index (κ1) is 21.6. The maximum Gasteiger partial charge on any atom is 0.275 e. The monoisotopic (exact) mass is 451 g/mol. The second-order valence-corrected chi connectivity index (χ2v) is 8.50. The predicted octanol–water partition coefficient (Wildman–Crippen LogP) is 3.55. The van der Waals surface area contributed by atoms with E-state index in [0.29, 0.717) is 23.0 Å². The molecule has 1 atom stereocenters. The predicted molar refractivity (Wildman–Crippen MR) is 122 cm³/mol. The number of hydrogen-bond acceptors (Lipinski definition) is 6. The average Bonchev–Trinajstić information content (AvgIpc) is 3.46. The number of carbonyl (C=O) groups is 2. The standard InChI is InChI=1S/C22H21N5O4S/c1-14-6-7-16(10-15(14)2)23-21(28)20-12-32-13-25(20)22(29)19-8-9-26(24-19)17-4-3-5-18(11-17)27(30)31/h3-11,20H,12-13H2,1-2H3,(H,23,28). The van der Waals surface area contributed by atoms with Crippen molar-refractivity contribution in [3.63, 3.8) is 0 Å². The van der Waals surface area contributed by atoms with Crippen LogP contribution in [0.5, 0.6) is 0 Å². The lowest BCUT2D eigenvalue weighted by Gasteiger charge is -2.22. The van der Waals surface area contributed by atoms with Gasteiger partial charge in [0.25, 0.3) is 11.6 Å². The highest BCUT2D eigenvalue weighted by molar-refractivity contribution is 7.99. The molecule has 1 N–H and O–H groups in total. The summed E-state index contributed by atoms with van der Waals surface area (Å²) in [5, 5.41) is 18.2. The van der Waals surface area contributed by atoms with Gasteiger partial charge in [0.05, 0.1) is 16.5 Å². The number of anilines is 1. The number of amides is 2. The smallest absolute Gasteiger partial charge is 0.275 e. The van der Waals surface area contributed by atoms with E-state index in [1.54, 1.807) is 24.4 Å². The topological polar surface area (TPSA) is 110 Å². The Morgan fingerprint density at radius 3 is 2.72 bits per heavy atom. The number of nitro benzene ring substituents is 1. The molecule has 1 aliphatic rings. The minimum atomic E-state index is -0.614. The Balaban J connectivity index is 1.50. The highest BCUT2D eigenvalue weighted by Gasteiger charge is 2.36. The number of thioether (sulfide) groups is 1. The van der Waals surface area contributed by atoms with Gasteiger partial charge in [0.1, 0.15) is 6.04 Å². The fourth-order valence-corrected chi connectivity index (χ4v) is 4.54. The Kier molecular flexibility index (Phi) is 5.95. The van der Waals surface area contributed by atoms with Crippen LogP contribution in [0.3, 0.4) is 0 Å². The van der Waals surface area contributed by atoms with Gasteiger partial charge in [0.15, 0.2) is 5.69 Å². The number of nitro groups is 1. The summed E-state index contributed by atoms with van der Waals surface area (Å²) in [4.78, 5) is 38.0. The number of nitrogens with zero attached hydrogens (tertiary/aromatic N) is 4. The average molecular weight is 452 g/mol. The van der Waals surface area contributed by atoms with Crippen molar-refractivity contribution in [2.45, 2.75) is 19.9 Å². The zero-order valence-electron chi connectivity index (χ0n) is 17.5. The molecule has 1 aliphatic heterocycles. The lowest BCUT2D eigenvalue weighted by molar-refractivity contribution is -0.384. The SMILES string of the molecule is Cc1ccc(NC(=O)C2CSCN2C(=O)c2ccn(-c3cccc([N+](=O)[O-])c3)n2)cc1C. The number of non-ortho nitro benzene ring substituents is 1. The van der Waals surface area contributed by atoms with Crippen molar-refractivity contribution >= 4 is 35.0 Å². The van der Waals surface area contributed by atoms with E-state index in [4.69, 9.17) is 0 Å². The first-order chi connectivity index (χ1) is 15.3. The Morgan fingerprint density at radius 2 is 1.97 bits per heavy atom. The molecule has 1 aromatic heterocycles. The molecule has 1 fully saturated rings. The van der Waals surface area contributed by atoms with Crippen LogP contribution in [0.15, 0.2) is 54.7 Å². The lowest BCUT2D eigenvalue weighted by Crippen LogP contribution is -2.44. The highest BCUT2D eigenvalue weighted by Crippen LogP contribution is 2.25. The van der Waals surface area contributed by atoms with Crippen LogP contribution in [0.2, 0.25) is 0 Å². The third-order valence-electron chi connectivity index (χ3n) is 5.33. The molecule has 0 spiro atoms. The van der Waals surface area contributed by atoms with E-state index < -0.39 is 11.0 Å². The molecule has 3 aromatic rings. The molecule has 9 nitrogen and oxygen atoms in total. The third-order valence-corrected chi connectivity index (χ3v) is 6.35. The van der Waals surface area contributed by atoms with E-state index >= 15 is 0 Å². The first-order valence-electron chi connectivity index (χ1n) is 9.91. The fraction of sp³-hybridized carbons (Fsp3) is 0.227. The molecule has 32 heavy (non-hydrogen) atoms. The number of carbonyl (C=O) groups excluding carboxylic acids is 2. The number of rotatable bonds is 5. The van der Waals surface area contributed by atoms with Crippen LogP contribution < -0.4 is 5.32 Å². The number of nitrogens with one attached hydrogen (secondary N) is 1. The second kappa shape index (κ2) is 8.83. The van der Waals surface area contributed by atoms with E-state index in [1.807, 2.05) is 32.0 Å². The summed E-state index contributed by atoms with van der Waals surface area (Å²) in [6.45, 7) is 3.98. The van der Waals surface area contributed by atoms with Gasteiger partial charge < -0.3 is 10.2 Å². The summed E-state index contributed by atoms with van der Waals surface area (Å²) in [6.07, 6.45) is 1.57. The van der Waals surface area contributed by atoms with Crippen molar-refractivity contribution in [1.29, 1.82) is 0 Å². The van der Waals surface area contributed by atoms with Crippen molar-refractivity contribution in [3.8, 4) is 5.69 Å². The molecule has 1 unspecified atom stereocenters. The van der Waals surface area contributed by atoms with Gasteiger partial charge in [-0.3, -0.25) is 19.7 Å². The molecule has 10 heteroatoms. The Bertz CT molecular complexity index is 1210. The van der Waals surface area contributed by atoms with E-state index in [0.717, 1.165) is 11.1 Å². The van der Waals surface area contributed by atoms with Crippen LogP contribution in [0.4, 0.5) is 11.4 Å². The van der Waals surface area contributed by atoms with Gasteiger partial charge >= 0.3 is 0 Å². The molecular weight excluding hydrogens is 430 g/mol. The zero-order valence-corrected chi connectivity index (χ0v) is 18.3. The number of aromatic nitrogens is 2. The minimum Gasteiger partial charge on any atom is -0.324 e. The summed E-state index contributed by atoms with van der Waals surface area (Å²) in [5.41, 5.74) is 3.47. The van der Waals surface area contributed by atoms with Gasteiger partial charge in [-0.25, -0.2) is 4.68 Å². The Hall–Kier alpha value is -3.66. The number of aryl methyl sites for hydroxylation is 2. The molecular formula is C22H21N5O4S. The van der Waals surface area contributed by atoms with Gasteiger partial charge in [0.2, 0.25) is 5.91 Å². The summed E-state index contributed by atoms with van der Waals surface area (Å²) in [5.74, 6) is 0.269. The molecule has 2 aromatic carbocycles. The molecule has 1 saturated heterocycles. The van der Waals surface area contributed by atoms with Crippen LogP contribution in [-0.4, -0.2) is 49.1 Å². The van der Waals surface area contributed by atoms with Gasteiger partial charge in [0, 0.05) is 29.8 Å². The maximum absolute atomic E-state index is 13.1. The summed E-state index contributed by atoms with van der Waals surface area (Å²) >= 11 is 1.50. The van der Waals surface area contributed by atoms with Crippen molar-refractivity contribution < 1.29 is 14.5 Å². The van der Waals surface area contributed by atoms with Crippen LogP contribution in [-0.2, 0) is 4.79 Å². The lowest BCUT2D eigenvalue weighted by atomic mass is 10.1. The molecule has 4 rings (SSSR count). The summed E-state index contributed by atoms with van der Waals surface area (Å²) in [7, 11) is 0. The second-order valence-electron chi connectivity index (χ2n) is 7.50. The van der Waals surface area contributed by atoms with Gasteiger partial charge in [-0.15, -0.1) is 11.8 Å². The highest BCUT2D eigenvalue weighted by atomic mass is 32.2. The third kappa shape index (κ3) is 4.35. The normalized spacial score (nSPS) is 15.6. The molecule has 164 valence electrons. The first-order valence-corrected chi connectivity index (χ1v) is 11.1. The Morgan fingerprint density at radius 1 is 1.16 bits per heavy atom. The van der Waals surface area contributed by atoms with E-state index in [1.165, 1.54) is 33.5 Å². The minimum absolute atomic E-state index is 0.0649. The number of benzene rings is 2. The fourth-order valence-electron chi connectivity index (χ4n) is 3.38. The van der Waals surface area contributed by atoms with E-state index in [9.17, 15) is 19.7 Å².